The molecule has 0 atom stereocenters. The molecule has 1 saturated heterocycles. The Kier molecular flexibility index (Phi) is 4.41. The highest BCUT2D eigenvalue weighted by Crippen LogP contribution is 2.37. The second-order valence-electron chi connectivity index (χ2n) is 9.30. The molecule has 2 fully saturated rings. The number of nitrogens with zero attached hydrogens (tertiary/aromatic N) is 8. The van der Waals surface area contributed by atoms with Crippen LogP contribution in [0.4, 0.5) is 5.82 Å². The molecule has 10 heteroatoms. The van der Waals surface area contributed by atoms with E-state index in [1.165, 1.54) is 19.2 Å². The minimum Gasteiger partial charge on any atom is -0.382 e. The van der Waals surface area contributed by atoms with E-state index in [4.69, 9.17) is 10.5 Å². The van der Waals surface area contributed by atoms with E-state index >= 15 is 0 Å². The normalized spacial score (nSPS) is 17.2. The summed E-state index contributed by atoms with van der Waals surface area (Å²) in [5.41, 5.74) is 13.1. The highest BCUT2D eigenvalue weighted by atomic mass is 16.5. The van der Waals surface area contributed by atoms with Crippen molar-refractivity contribution in [3.8, 4) is 22.5 Å². The van der Waals surface area contributed by atoms with Gasteiger partial charge in [0.2, 0.25) is 0 Å². The number of hydrogen-bond donors (Lipinski definition) is 1. The summed E-state index contributed by atoms with van der Waals surface area (Å²) in [6.07, 6.45) is 9.67. The van der Waals surface area contributed by atoms with Crippen molar-refractivity contribution in [2.24, 2.45) is 5.92 Å². The van der Waals surface area contributed by atoms with Crippen LogP contribution in [0.1, 0.15) is 31.7 Å². The molecule has 5 aromatic rings. The molecule has 0 bridgehead atoms. The SMILES string of the molecule is Nc1ncnn2c(-c3ccc4ncn(CC5CC5)c4c3)cc(-c3cnnn3C3CCOCC3)c12. The number of ether oxygens (including phenoxy) is 1. The fraction of sp³-hybridized carbons (Fsp3) is 0.375. The van der Waals surface area contributed by atoms with Gasteiger partial charge in [-0.2, -0.15) is 5.10 Å². The van der Waals surface area contributed by atoms with Gasteiger partial charge in [-0.15, -0.1) is 5.10 Å². The van der Waals surface area contributed by atoms with Crippen molar-refractivity contribution >= 4 is 22.4 Å². The Morgan fingerprint density at radius 3 is 2.76 bits per heavy atom. The molecule has 1 aliphatic heterocycles. The van der Waals surface area contributed by atoms with Gasteiger partial charge in [0.25, 0.3) is 0 Å². The van der Waals surface area contributed by atoms with E-state index in [0.29, 0.717) is 5.82 Å². The first-order valence-electron chi connectivity index (χ1n) is 11.8. The first kappa shape index (κ1) is 19.7. The van der Waals surface area contributed by atoms with Crippen molar-refractivity contribution in [3.63, 3.8) is 0 Å². The van der Waals surface area contributed by atoms with Gasteiger partial charge in [-0.25, -0.2) is 19.2 Å². The molecule has 0 unspecified atom stereocenters. The van der Waals surface area contributed by atoms with Crippen LogP contribution in [0.3, 0.4) is 0 Å². The summed E-state index contributed by atoms with van der Waals surface area (Å²) < 4.78 is 11.7. The molecule has 2 N–H and O–H groups in total. The lowest BCUT2D eigenvalue weighted by atomic mass is 10.1. The largest absolute Gasteiger partial charge is 0.382 e. The van der Waals surface area contributed by atoms with E-state index in [1.807, 2.05) is 15.5 Å². The van der Waals surface area contributed by atoms with Crippen LogP contribution in [0.15, 0.2) is 43.1 Å². The summed E-state index contributed by atoms with van der Waals surface area (Å²) in [5, 5.41) is 13.2. The Labute approximate surface area is 195 Å². The van der Waals surface area contributed by atoms with Crippen molar-refractivity contribution in [1.82, 2.24) is 39.1 Å². The maximum Gasteiger partial charge on any atom is 0.152 e. The van der Waals surface area contributed by atoms with E-state index in [2.05, 4.69) is 54.2 Å². The lowest BCUT2D eigenvalue weighted by molar-refractivity contribution is 0.0662. The van der Waals surface area contributed by atoms with Crippen molar-refractivity contribution in [2.75, 3.05) is 18.9 Å². The second kappa shape index (κ2) is 7.63. The van der Waals surface area contributed by atoms with Crippen LogP contribution in [-0.2, 0) is 11.3 Å². The molecule has 4 aromatic heterocycles. The van der Waals surface area contributed by atoms with Crippen molar-refractivity contribution in [1.29, 1.82) is 0 Å². The quantitative estimate of drug-likeness (QED) is 0.432. The summed E-state index contributed by atoms with van der Waals surface area (Å²) in [6.45, 7) is 2.47. The maximum absolute atomic E-state index is 6.39. The first-order chi connectivity index (χ1) is 16.8. The molecule has 2 aliphatic rings. The van der Waals surface area contributed by atoms with Gasteiger partial charge >= 0.3 is 0 Å². The number of aromatic nitrogens is 8. The smallest absolute Gasteiger partial charge is 0.152 e. The van der Waals surface area contributed by atoms with Crippen molar-refractivity contribution in [2.45, 2.75) is 38.3 Å². The molecule has 172 valence electrons. The molecule has 34 heavy (non-hydrogen) atoms. The average Bonchev–Trinajstić information content (AvgIpc) is 3.24. The van der Waals surface area contributed by atoms with Gasteiger partial charge < -0.3 is 15.0 Å². The lowest BCUT2D eigenvalue weighted by Gasteiger charge is -2.23. The number of rotatable bonds is 5. The number of nitrogen functional groups attached to an aromatic ring is 1. The molecule has 0 spiro atoms. The topological polar surface area (TPSA) is 114 Å². The van der Waals surface area contributed by atoms with Crippen LogP contribution in [0.5, 0.6) is 0 Å². The minimum atomic E-state index is 0.239. The van der Waals surface area contributed by atoms with E-state index in [0.717, 1.165) is 77.6 Å². The Morgan fingerprint density at radius 2 is 1.91 bits per heavy atom. The molecule has 7 rings (SSSR count). The molecule has 1 saturated carbocycles. The molecular weight excluding hydrogens is 430 g/mol. The first-order valence-corrected chi connectivity index (χ1v) is 11.8. The van der Waals surface area contributed by atoms with Crippen LogP contribution >= 0.6 is 0 Å². The number of imidazole rings is 1. The van der Waals surface area contributed by atoms with Crippen LogP contribution in [-0.4, -0.2) is 52.4 Å². The second-order valence-corrected chi connectivity index (χ2v) is 9.30. The molecule has 0 radical (unpaired) electrons. The summed E-state index contributed by atoms with van der Waals surface area (Å²) >= 11 is 0. The molecule has 1 aromatic carbocycles. The van der Waals surface area contributed by atoms with Crippen molar-refractivity contribution in [3.05, 3.63) is 43.1 Å². The zero-order chi connectivity index (χ0) is 22.6. The Hall–Kier alpha value is -3.79. The molecule has 0 amide bonds. The van der Waals surface area contributed by atoms with Crippen LogP contribution in [0, 0.1) is 5.92 Å². The zero-order valence-corrected chi connectivity index (χ0v) is 18.7. The van der Waals surface area contributed by atoms with E-state index < -0.39 is 0 Å². The number of anilines is 1. The predicted molar refractivity (Wildman–Crippen MR) is 127 cm³/mol. The summed E-state index contributed by atoms with van der Waals surface area (Å²) in [6, 6.07) is 8.73. The monoisotopic (exact) mass is 455 g/mol. The van der Waals surface area contributed by atoms with Gasteiger partial charge in [0.05, 0.1) is 41.0 Å². The fourth-order valence-corrected chi connectivity index (χ4v) is 5.04. The average molecular weight is 456 g/mol. The van der Waals surface area contributed by atoms with E-state index in [1.54, 1.807) is 6.20 Å². The molecular formula is C24H25N9O. The summed E-state index contributed by atoms with van der Waals surface area (Å²) in [4.78, 5) is 8.88. The van der Waals surface area contributed by atoms with Crippen LogP contribution in [0.2, 0.25) is 0 Å². The molecule has 10 nitrogen and oxygen atoms in total. The fourth-order valence-electron chi connectivity index (χ4n) is 5.04. The van der Waals surface area contributed by atoms with E-state index in [9.17, 15) is 0 Å². The van der Waals surface area contributed by atoms with Gasteiger partial charge in [0, 0.05) is 30.9 Å². The van der Waals surface area contributed by atoms with Gasteiger partial charge in [0.15, 0.2) is 5.82 Å². The summed E-state index contributed by atoms with van der Waals surface area (Å²) in [5.74, 6) is 1.20. The lowest BCUT2D eigenvalue weighted by Crippen LogP contribution is -2.21. The number of nitrogens with two attached hydrogens (primary N) is 1. The third-order valence-electron chi connectivity index (χ3n) is 7.04. The van der Waals surface area contributed by atoms with Gasteiger partial charge in [-0.3, -0.25) is 0 Å². The standard InChI is InChI=1S/C24H25N9O/c25-24-23-18(22-11-28-30-32(22)17-5-7-34-8-6-17)10-20(33(23)29-13-26-24)16-3-4-19-21(9-16)31(14-27-19)12-15-1-2-15/h3-4,9-11,13-15,17H,1-2,5-8,12H2,(H2,25,26,29). The highest BCUT2D eigenvalue weighted by molar-refractivity contribution is 5.92. The third kappa shape index (κ3) is 3.17. The Bertz CT molecular complexity index is 1500. The minimum absolute atomic E-state index is 0.239. The Balaban J connectivity index is 1.39. The van der Waals surface area contributed by atoms with Crippen LogP contribution in [0.25, 0.3) is 39.1 Å². The van der Waals surface area contributed by atoms with Gasteiger partial charge in [-0.05, 0) is 49.8 Å². The maximum atomic E-state index is 6.39. The highest BCUT2D eigenvalue weighted by Gasteiger charge is 2.25. The number of benzene rings is 1. The van der Waals surface area contributed by atoms with Crippen molar-refractivity contribution < 1.29 is 4.74 Å². The van der Waals surface area contributed by atoms with Crippen LogP contribution < -0.4 is 5.73 Å². The number of hydrogen-bond acceptors (Lipinski definition) is 7. The summed E-state index contributed by atoms with van der Waals surface area (Å²) in [7, 11) is 0. The molecule has 5 heterocycles. The van der Waals surface area contributed by atoms with Gasteiger partial charge in [0.1, 0.15) is 11.8 Å². The third-order valence-corrected chi connectivity index (χ3v) is 7.04. The van der Waals surface area contributed by atoms with Gasteiger partial charge in [-0.1, -0.05) is 11.3 Å². The number of fused-ring (bicyclic) bond motifs is 2. The molecule has 1 aliphatic carbocycles. The zero-order valence-electron chi connectivity index (χ0n) is 18.7. The Morgan fingerprint density at radius 1 is 1.03 bits per heavy atom. The van der Waals surface area contributed by atoms with E-state index in [-0.39, 0.29) is 6.04 Å². The predicted octanol–water partition coefficient (Wildman–Crippen LogP) is 3.35.